The Bertz CT molecular complexity index is 268. The fraction of sp³-hybridized carbons (Fsp3) is 0.857. The Morgan fingerprint density at radius 1 is 1.06 bits per heavy atom. The zero-order valence-corrected chi connectivity index (χ0v) is 11.9. The quantitative estimate of drug-likeness (QED) is 0.773. The van der Waals surface area contributed by atoms with Crippen molar-refractivity contribution in [3.63, 3.8) is 0 Å². The fourth-order valence-electron chi connectivity index (χ4n) is 2.08. The zero-order valence-electron chi connectivity index (χ0n) is 11.9. The van der Waals surface area contributed by atoms with Crippen molar-refractivity contribution in [2.75, 3.05) is 6.54 Å². The molecule has 0 saturated carbocycles. The van der Waals surface area contributed by atoms with Crippen molar-refractivity contribution in [3.05, 3.63) is 0 Å². The lowest BCUT2D eigenvalue weighted by molar-refractivity contribution is -0.124. The Labute approximate surface area is 106 Å². The monoisotopic (exact) mass is 238 g/mol. The third kappa shape index (κ3) is 5.21. The summed E-state index contributed by atoms with van der Waals surface area (Å²) in [5.74, 6) is 0.940. The Morgan fingerprint density at radius 3 is 1.82 bits per heavy atom. The van der Waals surface area contributed by atoms with Gasteiger partial charge in [-0.05, 0) is 23.7 Å². The van der Waals surface area contributed by atoms with E-state index in [1.807, 2.05) is 13.8 Å². The molecular formula is C14H26N2O. The van der Waals surface area contributed by atoms with Gasteiger partial charge in [0.15, 0.2) is 0 Å². The van der Waals surface area contributed by atoms with Crippen molar-refractivity contribution in [1.29, 1.82) is 5.26 Å². The molecule has 0 heterocycles. The van der Waals surface area contributed by atoms with E-state index in [1.54, 1.807) is 0 Å². The molecule has 0 rings (SSSR count). The first-order chi connectivity index (χ1) is 7.81. The van der Waals surface area contributed by atoms with Gasteiger partial charge in [0.05, 0.1) is 6.07 Å². The maximum absolute atomic E-state index is 11.8. The molecule has 1 unspecified atom stereocenters. The van der Waals surface area contributed by atoms with Crippen LogP contribution in [-0.4, -0.2) is 12.5 Å². The van der Waals surface area contributed by atoms with E-state index in [1.165, 1.54) is 0 Å². The Balaban J connectivity index is 4.36. The molecule has 1 atom stereocenters. The van der Waals surface area contributed by atoms with E-state index >= 15 is 0 Å². The van der Waals surface area contributed by atoms with Crippen LogP contribution in [0.15, 0.2) is 0 Å². The number of nitriles is 1. The van der Waals surface area contributed by atoms with Gasteiger partial charge in [-0.3, -0.25) is 4.79 Å². The number of carbonyl (C=O) groups excluding carboxylic acids is 1. The molecular weight excluding hydrogens is 212 g/mol. The van der Waals surface area contributed by atoms with Crippen molar-refractivity contribution in [1.82, 2.24) is 5.32 Å². The number of rotatable bonds is 6. The van der Waals surface area contributed by atoms with Crippen LogP contribution < -0.4 is 5.32 Å². The lowest BCUT2D eigenvalue weighted by Gasteiger charge is -2.25. The van der Waals surface area contributed by atoms with Crippen LogP contribution in [0.2, 0.25) is 0 Å². The van der Waals surface area contributed by atoms with E-state index in [0.717, 1.165) is 0 Å². The molecule has 0 radical (unpaired) electrons. The Kier molecular flexibility index (Phi) is 6.87. The number of nitrogens with one attached hydrogen (secondary N) is 1. The first kappa shape index (κ1) is 16.0. The van der Waals surface area contributed by atoms with Crippen molar-refractivity contribution in [2.45, 2.75) is 41.5 Å². The van der Waals surface area contributed by atoms with E-state index < -0.39 is 5.92 Å². The van der Waals surface area contributed by atoms with Crippen LogP contribution in [0.25, 0.3) is 0 Å². The van der Waals surface area contributed by atoms with Crippen LogP contribution in [0.4, 0.5) is 0 Å². The van der Waals surface area contributed by atoms with Gasteiger partial charge < -0.3 is 5.32 Å². The molecule has 1 N–H and O–H groups in total. The van der Waals surface area contributed by atoms with Gasteiger partial charge in [-0.2, -0.15) is 5.26 Å². The molecule has 0 aliphatic rings. The predicted octanol–water partition coefficient (Wildman–Crippen LogP) is 2.83. The SMILES string of the molecule is CC(C)C(C#N)C(=O)NCC(C(C)C)C(C)C. The lowest BCUT2D eigenvalue weighted by atomic mass is 9.85. The van der Waals surface area contributed by atoms with Gasteiger partial charge in [0.2, 0.25) is 5.91 Å². The lowest BCUT2D eigenvalue weighted by Crippen LogP contribution is -2.38. The molecule has 0 aromatic carbocycles. The number of nitrogens with zero attached hydrogens (tertiary/aromatic N) is 1. The third-order valence-corrected chi connectivity index (χ3v) is 3.31. The van der Waals surface area contributed by atoms with Crippen LogP contribution in [0, 0.1) is 40.9 Å². The van der Waals surface area contributed by atoms with Gasteiger partial charge >= 0.3 is 0 Å². The van der Waals surface area contributed by atoms with Gasteiger partial charge in [0.1, 0.15) is 5.92 Å². The fourth-order valence-corrected chi connectivity index (χ4v) is 2.08. The van der Waals surface area contributed by atoms with Crippen LogP contribution in [0.3, 0.4) is 0 Å². The molecule has 0 aromatic heterocycles. The minimum atomic E-state index is -0.532. The topological polar surface area (TPSA) is 52.9 Å². The van der Waals surface area contributed by atoms with Gasteiger partial charge in [-0.25, -0.2) is 0 Å². The minimum absolute atomic E-state index is 0.0662. The predicted molar refractivity (Wildman–Crippen MR) is 70.1 cm³/mol. The van der Waals surface area contributed by atoms with Gasteiger partial charge in [0, 0.05) is 6.54 Å². The Hall–Kier alpha value is -1.04. The molecule has 98 valence electrons. The summed E-state index contributed by atoms with van der Waals surface area (Å²) >= 11 is 0. The average molecular weight is 238 g/mol. The molecule has 0 aliphatic heterocycles. The summed E-state index contributed by atoms with van der Waals surface area (Å²) in [6.45, 7) is 13.1. The number of hydrogen-bond acceptors (Lipinski definition) is 2. The summed E-state index contributed by atoms with van der Waals surface area (Å²) in [7, 11) is 0. The summed E-state index contributed by atoms with van der Waals surface area (Å²) in [6.07, 6.45) is 0. The van der Waals surface area contributed by atoms with Crippen LogP contribution in [0.1, 0.15) is 41.5 Å². The first-order valence-corrected chi connectivity index (χ1v) is 6.48. The van der Waals surface area contributed by atoms with Crippen molar-refractivity contribution in [2.24, 2.45) is 29.6 Å². The summed E-state index contributed by atoms with van der Waals surface area (Å²) in [4.78, 5) is 11.8. The second-order valence-corrected chi connectivity index (χ2v) is 5.75. The molecule has 0 aliphatic carbocycles. The molecule has 1 amide bonds. The summed E-state index contributed by atoms with van der Waals surface area (Å²) in [6, 6.07) is 2.07. The number of carbonyl (C=O) groups is 1. The normalized spacial score (nSPS) is 13.2. The molecule has 0 saturated heterocycles. The Morgan fingerprint density at radius 2 is 1.53 bits per heavy atom. The molecule has 3 nitrogen and oxygen atoms in total. The number of hydrogen-bond donors (Lipinski definition) is 1. The first-order valence-electron chi connectivity index (χ1n) is 6.48. The summed E-state index contributed by atoms with van der Waals surface area (Å²) < 4.78 is 0. The van der Waals surface area contributed by atoms with Crippen molar-refractivity contribution in [3.8, 4) is 6.07 Å². The largest absolute Gasteiger partial charge is 0.355 e. The third-order valence-electron chi connectivity index (χ3n) is 3.31. The van der Waals surface area contributed by atoms with E-state index in [2.05, 4.69) is 39.1 Å². The highest BCUT2D eigenvalue weighted by atomic mass is 16.1. The maximum atomic E-state index is 11.8. The van der Waals surface area contributed by atoms with E-state index in [-0.39, 0.29) is 11.8 Å². The average Bonchev–Trinajstić information content (AvgIpc) is 2.16. The van der Waals surface area contributed by atoms with E-state index in [4.69, 9.17) is 5.26 Å². The van der Waals surface area contributed by atoms with Gasteiger partial charge in [-0.15, -0.1) is 0 Å². The van der Waals surface area contributed by atoms with Crippen LogP contribution in [-0.2, 0) is 4.79 Å². The maximum Gasteiger partial charge on any atom is 0.237 e. The highest BCUT2D eigenvalue weighted by Crippen LogP contribution is 2.19. The molecule has 0 bridgehead atoms. The second-order valence-electron chi connectivity index (χ2n) is 5.75. The summed E-state index contributed by atoms with van der Waals surface area (Å²) in [5, 5.41) is 11.9. The highest BCUT2D eigenvalue weighted by molar-refractivity contribution is 5.81. The molecule has 0 spiro atoms. The van der Waals surface area contributed by atoms with Crippen LogP contribution >= 0.6 is 0 Å². The zero-order chi connectivity index (χ0) is 13.6. The molecule has 0 aromatic rings. The van der Waals surface area contributed by atoms with Crippen LogP contribution in [0.5, 0.6) is 0 Å². The van der Waals surface area contributed by atoms with Crippen molar-refractivity contribution >= 4 is 5.91 Å². The molecule has 3 heteroatoms. The van der Waals surface area contributed by atoms with Crippen molar-refractivity contribution < 1.29 is 4.79 Å². The number of amides is 1. The molecule has 0 fully saturated rings. The van der Waals surface area contributed by atoms with E-state index in [9.17, 15) is 4.79 Å². The smallest absolute Gasteiger partial charge is 0.237 e. The second kappa shape index (κ2) is 7.32. The van der Waals surface area contributed by atoms with Gasteiger partial charge in [0.25, 0.3) is 0 Å². The molecule has 17 heavy (non-hydrogen) atoms. The minimum Gasteiger partial charge on any atom is -0.355 e. The summed E-state index contributed by atoms with van der Waals surface area (Å²) in [5.41, 5.74) is 0. The van der Waals surface area contributed by atoms with Gasteiger partial charge in [-0.1, -0.05) is 41.5 Å². The van der Waals surface area contributed by atoms with E-state index in [0.29, 0.717) is 24.3 Å². The highest BCUT2D eigenvalue weighted by Gasteiger charge is 2.24. The standard InChI is InChI=1S/C14H26N2O/c1-9(2)12(7-15)14(17)16-8-13(10(3)4)11(5)6/h9-13H,8H2,1-6H3,(H,16,17).